The Morgan fingerprint density at radius 3 is 2.47 bits per heavy atom. The van der Waals surface area contributed by atoms with Crippen LogP contribution in [0.4, 0.5) is 0 Å². The Bertz CT molecular complexity index is 1080. The minimum atomic E-state index is -1.14. The molecule has 6 atom stereocenters. The fourth-order valence-corrected chi connectivity index (χ4v) is 5.72. The van der Waals surface area contributed by atoms with Crippen LogP contribution in [0, 0.1) is 11.8 Å². The van der Waals surface area contributed by atoms with Gasteiger partial charge in [0.1, 0.15) is 18.0 Å². The van der Waals surface area contributed by atoms with Crippen molar-refractivity contribution in [2.45, 2.75) is 81.8 Å². The lowest BCUT2D eigenvalue weighted by molar-refractivity contribution is -0.0523. The van der Waals surface area contributed by atoms with Gasteiger partial charge in [-0.2, -0.15) is 0 Å². The summed E-state index contributed by atoms with van der Waals surface area (Å²) in [5.74, 6) is 2.94. The van der Waals surface area contributed by atoms with Gasteiger partial charge in [0, 0.05) is 12.3 Å². The van der Waals surface area contributed by atoms with E-state index < -0.39 is 42.4 Å². The molecule has 2 aliphatic carbocycles. The third kappa shape index (κ3) is 4.85. The Hall–Kier alpha value is -2.42. The van der Waals surface area contributed by atoms with Gasteiger partial charge in [0.2, 0.25) is 0 Å². The van der Waals surface area contributed by atoms with E-state index in [1.807, 2.05) is 12.1 Å². The van der Waals surface area contributed by atoms with Crippen LogP contribution in [-0.2, 0) is 4.74 Å². The number of hydrogen-bond acceptors (Lipinski definition) is 6. The minimum absolute atomic E-state index is 0.418. The summed E-state index contributed by atoms with van der Waals surface area (Å²) in [6.07, 6.45) is 8.16. The molecule has 1 aromatic heterocycles. The van der Waals surface area contributed by atoms with E-state index in [9.17, 15) is 19.8 Å². The molecule has 2 aromatic rings. The van der Waals surface area contributed by atoms with Crippen molar-refractivity contribution in [2.24, 2.45) is 11.8 Å². The van der Waals surface area contributed by atoms with Crippen LogP contribution in [-0.4, -0.2) is 44.7 Å². The molecule has 1 aromatic carbocycles. The predicted molar refractivity (Wildman–Crippen MR) is 126 cm³/mol. The van der Waals surface area contributed by atoms with Gasteiger partial charge in [-0.25, -0.2) is 4.79 Å². The third-order valence-electron chi connectivity index (χ3n) is 7.99. The second kappa shape index (κ2) is 10.1. The van der Waals surface area contributed by atoms with Crippen molar-refractivity contribution in [2.75, 3.05) is 6.61 Å². The number of aromatic amines is 1. The van der Waals surface area contributed by atoms with E-state index in [4.69, 9.17) is 9.47 Å². The molecule has 8 nitrogen and oxygen atoms in total. The lowest BCUT2D eigenvalue weighted by atomic mass is 9.80. The zero-order valence-electron chi connectivity index (χ0n) is 19.3. The second-order valence-corrected chi connectivity index (χ2v) is 10.2. The molecule has 2 saturated carbocycles. The van der Waals surface area contributed by atoms with E-state index in [0.717, 1.165) is 11.8 Å². The van der Waals surface area contributed by atoms with Gasteiger partial charge in [-0.15, -0.1) is 0 Å². The van der Waals surface area contributed by atoms with Crippen LogP contribution in [0.3, 0.4) is 0 Å². The van der Waals surface area contributed by atoms with E-state index in [-0.39, 0.29) is 0 Å². The van der Waals surface area contributed by atoms with Gasteiger partial charge in [0.15, 0.2) is 12.3 Å². The first-order chi connectivity index (χ1) is 16.5. The van der Waals surface area contributed by atoms with Crippen molar-refractivity contribution in [3.63, 3.8) is 0 Å². The highest BCUT2D eigenvalue weighted by Crippen LogP contribution is 2.43. The summed E-state index contributed by atoms with van der Waals surface area (Å²) in [4.78, 5) is 25.9. The predicted octanol–water partition coefficient (Wildman–Crippen LogP) is 2.70. The number of aliphatic hydroxyl groups excluding tert-OH is 2. The molecule has 5 rings (SSSR count). The summed E-state index contributed by atoms with van der Waals surface area (Å²) in [6, 6.07) is 9.16. The number of aromatic nitrogens is 2. The topological polar surface area (TPSA) is 114 Å². The van der Waals surface area contributed by atoms with Gasteiger partial charge in [-0.05, 0) is 54.7 Å². The maximum absolute atomic E-state index is 12.3. The molecule has 8 heteroatoms. The molecule has 0 radical (unpaired) electrons. The van der Waals surface area contributed by atoms with Gasteiger partial charge in [0.25, 0.3) is 5.56 Å². The number of rotatable bonds is 8. The summed E-state index contributed by atoms with van der Waals surface area (Å²) in [6.45, 7) is -0.418. The fourth-order valence-electron chi connectivity index (χ4n) is 5.72. The highest BCUT2D eigenvalue weighted by molar-refractivity contribution is 5.30. The molecular weight excluding hydrogens is 436 g/mol. The number of nitrogens with one attached hydrogen (secondary N) is 1. The molecule has 4 unspecified atom stereocenters. The maximum Gasteiger partial charge on any atom is 0.330 e. The van der Waals surface area contributed by atoms with Crippen molar-refractivity contribution in [3.05, 3.63) is 62.9 Å². The second-order valence-electron chi connectivity index (χ2n) is 10.2. The van der Waals surface area contributed by atoms with Crippen molar-refractivity contribution >= 4 is 0 Å². The molecule has 2 heterocycles. The Morgan fingerprint density at radius 2 is 1.79 bits per heavy atom. The molecular formula is C26H34N2O6. The highest BCUT2D eigenvalue weighted by Gasteiger charge is 2.46. The summed E-state index contributed by atoms with van der Waals surface area (Å²) in [5, 5.41) is 20.2. The Morgan fingerprint density at radius 1 is 1.03 bits per heavy atom. The Labute approximate surface area is 198 Å². The van der Waals surface area contributed by atoms with E-state index >= 15 is 0 Å². The molecule has 0 bridgehead atoms. The van der Waals surface area contributed by atoms with Crippen LogP contribution in [0.1, 0.15) is 69.1 Å². The van der Waals surface area contributed by atoms with Gasteiger partial charge in [0.05, 0.1) is 6.61 Å². The van der Waals surface area contributed by atoms with Crippen molar-refractivity contribution in [1.29, 1.82) is 0 Å². The van der Waals surface area contributed by atoms with Crippen molar-refractivity contribution in [3.8, 4) is 5.75 Å². The van der Waals surface area contributed by atoms with Crippen LogP contribution >= 0.6 is 0 Å². The number of benzene rings is 1. The maximum atomic E-state index is 12.3. The van der Waals surface area contributed by atoms with E-state index in [2.05, 4.69) is 17.1 Å². The molecule has 3 fully saturated rings. The van der Waals surface area contributed by atoms with E-state index in [0.29, 0.717) is 11.7 Å². The lowest BCUT2D eigenvalue weighted by Crippen LogP contribution is -2.41. The SMILES string of the molecule is O=c1ccn([C@@H]2O[C@H](CO)C(O)C2Oc2ccc(C3CCC(CCC4CCC4)C3)cc2)c(=O)[nH]1. The van der Waals surface area contributed by atoms with Crippen LogP contribution in [0.5, 0.6) is 5.75 Å². The van der Waals surface area contributed by atoms with E-state index in [1.54, 1.807) is 0 Å². The fraction of sp³-hybridized carbons (Fsp3) is 0.615. The molecule has 34 heavy (non-hydrogen) atoms. The van der Waals surface area contributed by atoms with Gasteiger partial charge >= 0.3 is 5.69 Å². The van der Waals surface area contributed by atoms with E-state index in [1.165, 1.54) is 73.8 Å². The average Bonchev–Trinajstić information content (AvgIpc) is 3.39. The van der Waals surface area contributed by atoms with Crippen molar-refractivity contribution < 1.29 is 19.7 Å². The van der Waals surface area contributed by atoms with Gasteiger partial charge in [-0.3, -0.25) is 14.3 Å². The number of ether oxygens (including phenoxy) is 2. The number of aliphatic hydroxyl groups is 2. The average molecular weight is 471 g/mol. The standard InChI is InChI=1S/C26H34N2O6/c29-15-21-23(31)24(25(34-21)28-13-12-22(30)27-26(28)32)33-20-10-8-18(9-11-20)19-7-6-17(14-19)5-4-16-2-1-3-16/h8-13,16-17,19,21,23-25,29,31H,1-7,14-15H2,(H,27,30,32)/t17?,19?,21-,23?,24?,25-/m1/s1. The molecule has 1 saturated heterocycles. The summed E-state index contributed by atoms with van der Waals surface area (Å²) in [7, 11) is 0. The van der Waals surface area contributed by atoms with Crippen LogP contribution in [0.25, 0.3) is 0 Å². The van der Waals surface area contributed by atoms with Crippen LogP contribution < -0.4 is 16.0 Å². The smallest absolute Gasteiger partial charge is 0.330 e. The first kappa shape index (κ1) is 23.3. The molecule has 0 amide bonds. The monoisotopic (exact) mass is 470 g/mol. The molecule has 3 N–H and O–H groups in total. The molecule has 1 aliphatic heterocycles. The lowest BCUT2D eigenvalue weighted by Gasteiger charge is -2.26. The van der Waals surface area contributed by atoms with Crippen LogP contribution in [0.15, 0.2) is 46.1 Å². The summed E-state index contributed by atoms with van der Waals surface area (Å²) in [5.41, 5.74) is 0.118. The zero-order chi connectivity index (χ0) is 23.7. The van der Waals surface area contributed by atoms with Crippen LogP contribution in [0.2, 0.25) is 0 Å². The normalized spacial score (nSPS) is 31.5. The third-order valence-corrected chi connectivity index (χ3v) is 7.99. The Balaban J connectivity index is 1.24. The molecule has 0 spiro atoms. The zero-order valence-corrected chi connectivity index (χ0v) is 19.3. The summed E-state index contributed by atoms with van der Waals surface area (Å²) >= 11 is 0. The largest absolute Gasteiger partial charge is 0.483 e. The quantitative estimate of drug-likeness (QED) is 0.547. The first-order valence-electron chi connectivity index (χ1n) is 12.5. The number of nitrogens with zero attached hydrogens (tertiary/aromatic N) is 1. The highest BCUT2D eigenvalue weighted by atomic mass is 16.6. The first-order valence-corrected chi connectivity index (χ1v) is 12.5. The molecule has 3 aliphatic rings. The Kier molecular flexibility index (Phi) is 6.90. The van der Waals surface area contributed by atoms with Gasteiger partial charge < -0.3 is 19.7 Å². The number of H-pyrrole nitrogens is 1. The molecule has 184 valence electrons. The van der Waals surface area contributed by atoms with Gasteiger partial charge in [-0.1, -0.05) is 44.2 Å². The van der Waals surface area contributed by atoms with Crippen molar-refractivity contribution in [1.82, 2.24) is 9.55 Å². The minimum Gasteiger partial charge on any atom is -0.483 e. The number of hydrogen-bond donors (Lipinski definition) is 3. The summed E-state index contributed by atoms with van der Waals surface area (Å²) < 4.78 is 12.9.